The number of fused-ring (bicyclic) bond motifs is 3. The second-order valence-corrected chi connectivity index (χ2v) is 5.95. The van der Waals surface area contributed by atoms with Gasteiger partial charge in [-0.3, -0.25) is 4.79 Å². The van der Waals surface area contributed by atoms with Crippen LogP contribution in [0.1, 0.15) is 67.9 Å². The van der Waals surface area contributed by atoms with Crippen molar-refractivity contribution in [3.63, 3.8) is 0 Å². The van der Waals surface area contributed by atoms with Crippen molar-refractivity contribution in [1.82, 2.24) is 9.61 Å². The van der Waals surface area contributed by atoms with E-state index in [2.05, 4.69) is 12.0 Å². The first-order valence-corrected chi connectivity index (χ1v) is 8.42. The molecule has 0 bridgehead atoms. The summed E-state index contributed by atoms with van der Waals surface area (Å²) in [5.41, 5.74) is 2.73. The lowest BCUT2D eigenvalue weighted by atomic mass is 10.0. The van der Waals surface area contributed by atoms with Crippen LogP contribution in [0.4, 0.5) is 0 Å². The van der Waals surface area contributed by atoms with Crippen LogP contribution in [0.25, 0.3) is 5.71 Å². The number of allylic oxidation sites excluding steroid dienone is 1. The number of nitrogens with zero attached hydrogens (tertiary/aromatic N) is 2. The third-order valence-electron chi connectivity index (χ3n) is 4.03. The molecule has 0 atom stereocenters. The lowest BCUT2D eigenvalue weighted by Crippen LogP contribution is -2.04. The molecule has 2 aromatic heterocycles. The molecule has 0 aliphatic heterocycles. The summed E-state index contributed by atoms with van der Waals surface area (Å²) in [4.78, 5) is 20.7. The van der Waals surface area contributed by atoms with Gasteiger partial charge < -0.3 is 9.52 Å². The van der Waals surface area contributed by atoms with Crippen LogP contribution in [0.3, 0.4) is 0 Å². The third-order valence-corrected chi connectivity index (χ3v) is 4.03. The summed E-state index contributed by atoms with van der Waals surface area (Å²) in [6, 6.07) is 1.69. The van der Waals surface area contributed by atoms with Crippen LogP contribution in [-0.4, -0.2) is 27.0 Å². The Balaban J connectivity index is 0.000000187. The number of hydrogen-bond acceptors (Lipinski definition) is 4. The van der Waals surface area contributed by atoms with E-state index in [9.17, 15) is 9.59 Å². The Bertz CT molecular complexity index is 740. The number of carbonyl (C=O) groups is 2. The number of carboxylic acids is 1. The minimum atomic E-state index is -0.809. The Morgan fingerprint density at radius 3 is 2.83 bits per heavy atom. The van der Waals surface area contributed by atoms with Crippen LogP contribution < -0.4 is 0 Å². The van der Waals surface area contributed by atoms with E-state index in [1.807, 2.05) is 0 Å². The molecule has 0 fully saturated rings. The first kappa shape index (κ1) is 18.0. The zero-order valence-electron chi connectivity index (χ0n) is 14.2. The van der Waals surface area contributed by atoms with E-state index in [4.69, 9.17) is 9.52 Å². The summed E-state index contributed by atoms with van der Waals surface area (Å²) in [7, 11) is 0. The van der Waals surface area contributed by atoms with Gasteiger partial charge in [-0.15, -0.1) is 0 Å². The molecule has 0 saturated heterocycles. The summed E-state index contributed by atoms with van der Waals surface area (Å²) < 4.78 is 7.38. The minimum Gasteiger partial charge on any atom is -0.478 e. The predicted molar refractivity (Wildman–Crippen MR) is 90.4 cm³/mol. The molecule has 1 aliphatic rings. The van der Waals surface area contributed by atoms with Crippen molar-refractivity contribution in [3.8, 4) is 0 Å². The number of oxazole rings is 1. The van der Waals surface area contributed by atoms with Gasteiger partial charge in [0.25, 0.3) is 0 Å². The molecular weight excluding hydrogens is 308 g/mol. The van der Waals surface area contributed by atoms with Crippen molar-refractivity contribution in [3.05, 3.63) is 34.9 Å². The van der Waals surface area contributed by atoms with E-state index in [-0.39, 0.29) is 0 Å². The van der Waals surface area contributed by atoms with Crippen molar-refractivity contribution in [2.75, 3.05) is 0 Å². The standard InChI is InChI=1S/C10H10N2O2.C8H14O2/c13-6-7-5-10-12(11-7)8-3-1-2-4-9(8)14-10;1-3-4-5-6-7(2)8(9)10/h5-6H,1-4H2;6H,3-5H2,1-2H3,(H,9,10). The highest BCUT2D eigenvalue weighted by molar-refractivity contribution is 5.85. The molecule has 1 aliphatic carbocycles. The Morgan fingerprint density at radius 1 is 1.42 bits per heavy atom. The largest absolute Gasteiger partial charge is 0.478 e. The third kappa shape index (κ3) is 4.34. The average Bonchev–Trinajstić information content (AvgIpc) is 3.12. The molecule has 0 amide bonds. The zero-order valence-corrected chi connectivity index (χ0v) is 14.2. The maximum absolute atomic E-state index is 10.5. The number of rotatable bonds is 5. The maximum Gasteiger partial charge on any atom is 0.330 e. The number of carbonyl (C=O) groups excluding carboxylic acids is 1. The van der Waals surface area contributed by atoms with Gasteiger partial charge in [-0.05, 0) is 32.6 Å². The first-order valence-electron chi connectivity index (χ1n) is 8.42. The second-order valence-electron chi connectivity index (χ2n) is 5.95. The van der Waals surface area contributed by atoms with Crippen molar-refractivity contribution in [2.45, 2.75) is 58.8 Å². The molecule has 0 radical (unpaired) electrons. The van der Waals surface area contributed by atoms with Gasteiger partial charge in [0, 0.05) is 18.1 Å². The molecule has 0 aromatic carbocycles. The van der Waals surface area contributed by atoms with Crippen LogP contribution >= 0.6 is 0 Å². The molecule has 0 spiro atoms. The zero-order chi connectivity index (χ0) is 17.5. The van der Waals surface area contributed by atoms with Crippen molar-refractivity contribution in [2.24, 2.45) is 0 Å². The van der Waals surface area contributed by atoms with E-state index in [0.717, 1.165) is 49.8 Å². The van der Waals surface area contributed by atoms with E-state index in [1.54, 1.807) is 23.6 Å². The molecule has 0 saturated carbocycles. The van der Waals surface area contributed by atoms with Crippen LogP contribution in [0, 0.1) is 0 Å². The molecule has 24 heavy (non-hydrogen) atoms. The Hall–Kier alpha value is -2.37. The van der Waals surface area contributed by atoms with Crippen molar-refractivity contribution in [1.29, 1.82) is 0 Å². The fraction of sp³-hybridized carbons (Fsp3) is 0.500. The lowest BCUT2D eigenvalue weighted by molar-refractivity contribution is -0.132. The van der Waals surface area contributed by atoms with Gasteiger partial charge in [-0.25, -0.2) is 9.31 Å². The minimum absolute atomic E-state index is 0.442. The van der Waals surface area contributed by atoms with Gasteiger partial charge in [0.1, 0.15) is 11.5 Å². The summed E-state index contributed by atoms with van der Waals surface area (Å²) in [6.07, 6.45) is 9.95. The summed E-state index contributed by atoms with van der Waals surface area (Å²) >= 11 is 0. The molecule has 2 heterocycles. The highest BCUT2D eigenvalue weighted by Crippen LogP contribution is 2.25. The van der Waals surface area contributed by atoms with Crippen LogP contribution in [0.2, 0.25) is 0 Å². The number of aromatic nitrogens is 2. The van der Waals surface area contributed by atoms with Gasteiger partial charge in [-0.1, -0.05) is 25.8 Å². The highest BCUT2D eigenvalue weighted by Gasteiger charge is 2.19. The van der Waals surface area contributed by atoms with Gasteiger partial charge in [0.05, 0.1) is 5.69 Å². The van der Waals surface area contributed by atoms with Gasteiger partial charge in [-0.2, -0.15) is 5.10 Å². The van der Waals surface area contributed by atoms with E-state index >= 15 is 0 Å². The topological polar surface area (TPSA) is 84.8 Å². The smallest absolute Gasteiger partial charge is 0.330 e. The van der Waals surface area contributed by atoms with Gasteiger partial charge >= 0.3 is 5.97 Å². The van der Waals surface area contributed by atoms with Crippen molar-refractivity contribution >= 4 is 18.0 Å². The van der Waals surface area contributed by atoms with Crippen LogP contribution in [0.5, 0.6) is 0 Å². The monoisotopic (exact) mass is 332 g/mol. The molecule has 2 aromatic rings. The first-order chi connectivity index (χ1) is 11.6. The lowest BCUT2D eigenvalue weighted by Gasteiger charge is -2.07. The predicted octanol–water partition coefficient (Wildman–Crippen LogP) is 3.83. The molecule has 6 heteroatoms. The number of aliphatic carboxylic acids is 1. The van der Waals surface area contributed by atoms with Crippen LogP contribution in [-0.2, 0) is 17.6 Å². The molecule has 0 unspecified atom stereocenters. The quantitative estimate of drug-likeness (QED) is 0.511. The second kappa shape index (κ2) is 8.47. The number of hydrogen-bond donors (Lipinski definition) is 1. The molecule has 130 valence electrons. The average molecular weight is 332 g/mol. The fourth-order valence-electron chi connectivity index (χ4n) is 2.64. The number of aryl methyl sites for hydroxylation is 2. The van der Waals surface area contributed by atoms with Crippen LogP contribution in [0.15, 0.2) is 22.1 Å². The van der Waals surface area contributed by atoms with Crippen molar-refractivity contribution < 1.29 is 19.1 Å². The van der Waals surface area contributed by atoms with E-state index in [0.29, 0.717) is 17.0 Å². The van der Waals surface area contributed by atoms with Gasteiger partial charge in [0.15, 0.2) is 6.29 Å². The Labute approximate surface area is 141 Å². The summed E-state index contributed by atoms with van der Waals surface area (Å²) in [5.74, 6) is 0.229. The maximum atomic E-state index is 10.5. The SMILES string of the molecule is CCCCC=C(C)C(=O)O.O=Cc1cc2oc3c(n2n1)CCCC3. The number of carboxylic acid groups (broad SMARTS) is 1. The molecule has 3 rings (SSSR count). The fourth-order valence-corrected chi connectivity index (χ4v) is 2.64. The Morgan fingerprint density at radius 2 is 2.17 bits per heavy atom. The normalized spacial score (nSPS) is 14.0. The van der Waals surface area contributed by atoms with E-state index < -0.39 is 5.97 Å². The number of unbranched alkanes of at least 4 members (excludes halogenated alkanes) is 2. The molecule has 6 nitrogen and oxygen atoms in total. The number of aldehydes is 1. The van der Waals surface area contributed by atoms with Gasteiger partial charge in [0.2, 0.25) is 5.71 Å². The Kier molecular flexibility index (Phi) is 6.35. The molecule has 1 N–H and O–H groups in total. The summed E-state index contributed by atoms with van der Waals surface area (Å²) in [5, 5.41) is 12.6. The highest BCUT2D eigenvalue weighted by atomic mass is 16.4. The molecular formula is C18H24N2O4. The summed E-state index contributed by atoms with van der Waals surface area (Å²) in [6.45, 7) is 3.71. The van der Waals surface area contributed by atoms with E-state index in [1.165, 1.54) is 12.8 Å².